The number of amides is 1. The average Bonchev–Trinajstić information content (AvgIpc) is 3.14. The number of benzene rings is 1. The third-order valence-electron chi connectivity index (χ3n) is 3.64. The number of nitrogens with one attached hydrogen (secondary N) is 1. The predicted octanol–water partition coefficient (Wildman–Crippen LogP) is 3.23. The minimum atomic E-state index is -0.499. The summed E-state index contributed by atoms with van der Waals surface area (Å²) in [5, 5.41) is 4.94. The van der Waals surface area contributed by atoms with Gasteiger partial charge in [0.05, 0.1) is 10.2 Å². The van der Waals surface area contributed by atoms with Gasteiger partial charge in [0.1, 0.15) is 5.56 Å². The topological polar surface area (TPSA) is 76.4 Å². The standard InChI is InChI=1S/C16H12N4O2S2/c1-8-5-9(2)12-11(6-8)24-15(18-12)19-13(21)10-7-17-16-20(14(10)22)3-4-23-16/h3-7H,1-2H3,(H,18,19,21). The van der Waals surface area contributed by atoms with Crippen molar-refractivity contribution in [1.29, 1.82) is 0 Å². The van der Waals surface area contributed by atoms with E-state index in [0.29, 0.717) is 10.1 Å². The molecule has 120 valence electrons. The van der Waals surface area contributed by atoms with E-state index in [4.69, 9.17) is 0 Å². The molecule has 0 bridgehead atoms. The zero-order chi connectivity index (χ0) is 16.8. The van der Waals surface area contributed by atoms with Crippen LogP contribution in [0.25, 0.3) is 15.2 Å². The number of aromatic nitrogens is 3. The lowest BCUT2D eigenvalue weighted by atomic mass is 10.1. The van der Waals surface area contributed by atoms with Gasteiger partial charge in [0.15, 0.2) is 10.1 Å². The van der Waals surface area contributed by atoms with Crippen LogP contribution < -0.4 is 10.9 Å². The Kier molecular flexibility index (Phi) is 3.43. The van der Waals surface area contributed by atoms with Crippen molar-refractivity contribution < 1.29 is 4.79 Å². The highest BCUT2D eigenvalue weighted by Crippen LogP contribution is 2.29. The van der Waals surface area contributed by atoms with Gasteiger partial charge in [0.25, 0.3) is 11.5 Å². The predicted molar refractivity (Wildman–Crippen MR) is 96.4 cm³/mol. The first-order chi connectivity index (χ1) is 11.5. The Bertz CT molecular complexity index is 1160. The zero-order valence-corrected chi connectivity index (χ0v) is 14.5. The fourth-order valence-corrected chi connectivity index (χ4v) is 4.28. The van der Waals surface area contributed by atoms with Gasteiger partial charge in [-0.05, 0) is 31.0 Å². The third-order valence-corrected chi connectivity index (χ3v) is 5.33. The van der Waals surface area contributed by atoms with Crippen LogP contribution in [0.1, 0.15) is 21.5 Å². The second-order valence-corrected chi connectivity index (χ2v) is 7.34. The molecule has 3 aromatic heterocycles. The molecule has 24 heavy (non-hydrogen) atoms. The quantitative estimate of drug-likeness (QED) is 0.598. The fraction of sp³-hybridized carbons (Fsp3) is 0.125. The molecule has 4 rings (SSSR count). The Morgan fingerprint density at radius 2 is 2.12 bits per heavy atom. The number of anilines is 1. The van der Waals surface area contributed by atoms with E-state index in [1.165, 1.54) is 33.3 Å². The monoisotopic (exact) mass is 356 g/mol. The van der Waals surface area contributed by atoms with E-state index in [0.717, 1.165) is 21.3 Å². The minimum Gasteiger partial charge on any atom is -0.298 e. The molecule has 0 atom stereocenters. The Balaban J connectivity index is 1.71. The molecule has 4 aromatic rings. The van der Waals surface area contributed by atoms with Gasteiger partial charge in [0.2, 0.25) is 0 Å². The molecule has 1 aromatic carbocycles. The van der Waals surface area contributed by atoms with Crippen molar-refractivity contribution in [2.75, 3.05) is 5.32 Å². The summed E-state index contributed by atoms with van der Waals surface area (Å²) >= 11 is 2.73. The van der Waals surface area contributed by atoms with Crippen molar-refractivity contribution in [1.82, 2.24) is 14.4 Å². The SMILES string of the molecule is Cc1cc(C)c2nc(NC(=O)c3cnc4sccn4c3=O)sc2c1. The van der Waals surface area contributed by atoms with Crippen molar-refractivity contribution in [3.8, 4) is 0 Å². The Morgan fingerprint density at radius 3 is 2.96 bits per heavy atom. The first kappa shape index (κ1) is 15.0. The number of fused-ring (bicyclic) bond motifs is 2. The highest BCUT2D eigenvalue weighted by Gasteiger charge is 2.16. The van der Waals surface area contributed by atoms with Crippen LogP contribution in [0.5, 0.6) is 0 Å². The summed E-state index contributed by atoms with van der Waals surface area (Å²) in [6.45, 7) is 4.01. The van der Waals surface area contributed by atoms with E-state index >= 15 is 0 Å². The molecular formula is C16H12N4O2S2. The van der Waals surface area contributed by atoms with E-state index in [2.05, 4.69) is 21.4 Å². The van der Waals surface area contributed by atoms with Crippen LogP contribution in [-0.2, 0) is 0 Å². The maximum absolute atomic E-state index is 12.4. The molecule has 1 N–H and O–H groups in total. The number of aryl methyl sites for hydroxylation is 2. The van der Waals surface area contributed by atoms with Crippen LogP contribution in [0.2, 0.25) is 0 Å². The van der Waals surface area contributed by atoms with E-state index in [1.807, 2.05) is 19.9 Å². The number of carbonyl (C=O) groups excluding carboxylic acids is 1. The highest BCUT2D eigenvalue weighted by atomic mass is 32.1. The molecule has 0 fully saturated rings. The second kappa shape index (κ2) is 5.50. The van der Waals surface area contributed by atoms with Gasteiger partial charge in [-0.3, -0.25) is 19.3 Å². The molecule has 0 radical (unpaired) electrons. The first-order valence-electron chi connectivity index (χ1n) is 7.17. The highest BCUT2D eigenvalue weighted by molar-refractivity contribution is 7.22. The third kappa shape index (κ3) is 2.40. The average molecular weight is 356 g/mol. The lowest BCUT2D eigenvalue weighted by Crippen LogP contribution is -2.25. The number of carbonyl (C=O) groups is 1. The van der Waals surface area contributed by atoms with Gasteiger partial charge in [0, 0.05) is 17.8 Å². The Morgan fingerprint density at radius 1 is 1.29 bits per heavy atom. The minimum absolute atomic E-state index is 0.00180. The molecule has 6 nitrogen and oxygen atoms in total. The summed E-state index contributed by atoms with van der Waals surface area (Å²) in [5.74, 6) is -0.499. The molecule has 1 amide bonds. The molecule has 0 spiro atoms. The molecule has 0 unspecified atom stereocenters. The van der Waals surface area contributed by atoms with Gasteiger partial charge in [-0.15, -0.1) is 11.3 Å². The Labute approximate surface area is 144 Å². The summed E-state index contributed by atoms with van der Waals surface area (Å²) in [6.07, 6.45) is 2.92. The van der Waals surface area contributed by atoms with Gasteiger partial charge in [-0.25, -0.2) is 9.97 Å². The normalized spacial score (nSPS) is 11.2. The summed E-state index contributed by atoms with van der Waals surface area (Å²) in [4.78, 5) is 33.9. The summed E-state index contributed by atoms with van der Waals surface area (Å²) in [5.41, 5.74) is 2.68. The van der Waals surface area contributed by atoms with Crippen LogP contribution in [0.15, 0.2) is 34.7 Å². The number of nitrogens with zero attached hydrogens (tertiary/aromatic N) is 3. The van der Waals surface area contributed by atoms with Gasteiger partial charge < -0.3 is 0 Å². The van der Waals surface area contributed by atoms with Crippen LogP contribution in [-0.4, -0.2) is 20.3 Å². The maximum Gasteiger partial charge on any atom is 0.271 e. The van der Waals surface area contributed by atoms with E-state index in [-0.39, 0.29) is 11.1 Å². The number of hydrogen-bond donors (Lipinski definition) is 1. The van der Waals surface area contributed by atoms with Gasteiger partial charge >= 0.3 is 0 Å². The van der Waals surface area contributed by atoms with Crippen molar-refractivity contribution in [2.24, 2.45) is 0 Å². The van der Waals surface area contributed by atoms with Crippen LogP contribution in [0.4, 0.5) is 5.13 Å². The van der Waals surface area contributed by atoms with E-state index < -0.39 is 5.91 Å². The maximum atomic E-state index is 12.4. The fourth-order valence-electron chi connectivity index (χ4n) is 2.57. The summed E-state index contributed by atoms with van der Waals surface area (Å²) < 4.78 is 2.37. The molecule has 0 aliphatic rings. The molecule has 0 aliphatic heterocycles. The van der Waals surface area contributed by atoms with Crippen LogP contribution in [0.3, 0.4) is 0 Å². The van der Waals surface area contributed by atoms with Crippen molar-refractivity contribution in [2.45, 2.75) is 13.8 Å². The Hall–Kier alpha value is -2.58. The lowest BCUT2D eigenvalue weighted by molar-refractivity contribution is 0.102. The van der Waals surface area contributed by atoms with Crippen molar-refractivity contribution in [3.05, 3.63) is 57.0 Å². The van der Waals surface area contributed by atoms with Crippen LogP contribution in [0, 0.1) is 13.8 Å². The molecule has 8 heteroatoms. The molecule has 0 saturated heterocycles. The molecule has 0 saturated carbocycles. The van der Waals surface area contributed by atoms with Crippen molar-refractivity contribution in [3.63, 3.8) is 0 Å². The van der Waals surface area contributed by atoms with Gasteiger partial charge in [-0.1, -0.05) is 17.4 Å². The summed E-state index contributed by atoms with van der Waals surface area (Å²) in [7, 11) is 0. The number of hydrogen-bond acceptors (Lipinski definition) is 6. The second-order valence-electron chi connectivity index (χ2n) is 5.43. The largest absolute Gasteiger partial charge is 0.298 e. The lowest BCUT2D eigenvalue weighted by Gasteiger charge is -2.01. The smallest absolute Gasteiger partial charge is 0.271 e. The zero-order valence-electron chi connectivity index (χ0n) is 12.9. The number of thiazole rings is 2. The first-order valence-corrected chi connectivity index (χ1v) is 8.86. The number of rotatable bonds is 2. The van der Waals surface area contributed by atoms with Crippen LogP contribution >= 0.6 is 22.7 Å². The molecule has 3 heterocycles. The molecule has 0 aliphatic carbocycles. The molecular weight excluding hydrogens is 344 g/mol. The van der Waals surface area contributed by atoms with E-state index in [9.17, 15) is 9.59 Å². The summed E-state index contributed by atoms with van der Waals surface area (Å²) in [6, 6.07) is 4.08. The van der Waals surface area contributed by atoms with Gasteiger partial charge in [-0.2, -0.15) is 0 Å². The van der Waals surface area contributed by atoms with E-state index in [1.54, 1.807) is 11.6 Å². The van der Waals surface area contributed by atoms with Crippen molar-refractivity contribution >= 4 is 48.9 Å².